The summed E-state index contributed by atoms with van der Waals surface area (Å²) in [5.41, 5.74) is 0. The summed E-state index contributed by atoms with van der Waals surface area (Å²) in [6, 6.07) is -0.104. The van der Waals surface area contributed by atoms with Crippen LogP contribution in [0, 0.1) is 0 Å². The Balaban J connectivity index is 2.30. The third-order valence-electron chi connectivity index (χ3n) is 2.80. The third kappa shape index (κ3) is 6.44. The zero-order valence-electron chi connectivity index (χ0n) is 9.93. The van der Waals surface area contributed by atoms with Gasteiger partial charge in [-0.15, -0.1) is 11.6 Å². The standard InChI is InChI=1S/C11H17ClF3NO2/c12-5-4-10(17)16-8-2-1-3-9(6-8)18-7-11(13,14)15/h8-9H,1-7H2,(H,16,17). The molecule has 1 amide bonds. The molecular weight excluding hydrogens is 271 g/mol. The predicted octanol–water partition coefficient (Wildman–Crippen LogP) is 2.62. The van der Waals surface area contributed by atoms with E-state index < -0.39 is 18.9 Å². The zero-order valence-corrected chi connectivity index (χ0v) is 10.7. The molecule has 0 aliphatic heterocycles. The van der Waals surface area contributed by atoms with Crippen LogP contribution in [0.15, 0.2) is 0 Å². The smallest absolute Gasteiger partial charge is 0.369 e. The normalized spacial score (nSPS) is 24.9. The van der Waals surface area contributed by atoms with Crippen molar-refractivity contribution in [3.05, 3.63) is 0 Å². The number of amides is 1. The maximum Gasteiger partial charge on any atom is 0.411 e. The molecule has 0 saturated heterocycles. The summed E-state index contributed by atoms with van der Waals surface area (Å²) in [5, 5.41) is 2.76. The second kappa shape index (κ2) is 7.19. The van der Waals surface area contributed by atoms with Crippen molar-refractivity contribution >= 4 is 17.5 Å². The first-order valence-electron chi connectivity index (χ1n) is 5.94. The summed E-state index contributed by atoms with van der Waals surface area (Å²) in [7, 11) is 0. The van der Waals surface area contributed by atoms with Crippen molar-refractivity contribution < 1.29 is 22.7 Å². The van der Waals surface area contributed by atoms with Crippen LogP contribution in [0.4, 0.5) is 13.2 Å². The summed E-state index contributed by atoms with van der Waals surface area (Å²) in [6.45, 7) is -1.22. The molecule has 0 heterocycles. The number of halogens is 4. The molecule has 1 fully saturated rings. The number of hydrogen-bond donors (Lipinski definition) is 1. The van der Waals surface area contributed by atoms with Gasteiger partial charge < -0.3 is 10.1 Å². The van der Waals surface area contributed by atoms with E-state index in [4.69, 9.17) is 16.3 Å². The molecule has 0 aromatic heterocycles. The minimum Gasteiger partial charge on any atom is -0.369 e. The lowest BCUT2D eigenvalue weighted by Crippen LogP contribution is -2.41. The van der Waals surface area contributed by atoms with Crippen molar-refractivity contribution in [2.24, 2.45) is 0 Å². The van der Waals surface area contributed by atoms with E-state index in [1.54, 1.807) is 0 Å². The molecule has 0 bridgehead atoms. The van der Waals surface area contributed by atoms with Crippen molar-refractivity contribution in [1.29, 1.82) is 0 Å². The van der Waals surface area contributed by atoms with Crippen LogP contribution in [0.1, 0.15) is 32.1 Å². The molecule has 0 radical (unpaired) electrons. The van der Waals surface area contributed by atoms with E-state index in [2.05, 4.69) is 5.32 Å². The molecule has 3 nitrogen and oxygen atoms in total. The van der Waals surface area contributed by atoms with Crippen LogP contribution in [-0.2, 0) is 9.53 Å². The van der Waals surface area contributed by atoms with Gasteiger partial charge in [-0.2, -0.15) is 13.2 Å². The number of rotatable bonds is 5. The van der Waals surface area contributed by atoms with Gasteiger partial charge in [0.05, 0.1) is 6.10 Å². The van der Waals surface area contributed by atoms with Gasteiger partial charge in [-0.3, -0.25) is 4.79 Å². The van der Waals surface area contributed by atoms with Gasteiger partial charge in [0.15, 0.2) is 0 Å². The summed E-state index contributed by atoms with van der Waals surface area (Å²) >= 11 is 5.43. The molecule has 0 aromatic rings. The highest BCUT2D eigenvalue weighted by molar-refractivity contribution is 6.18. The molecule has 2 unspecified atom stereocenters. The maximum absolute atomic E-state index is 12.0. The van der Waals surface area contributed by atoms with E-state index in [0.717, 1.165) is 12.8 Å². The van der Waals surface area contributed by atoms with Crippen LogP contribution in [0.5, 0.6) is 0 Å². The molecule has 2 atom stereocenters. The van der Waals surface area contributed by atoms with Gasteiger partial charge >= 0.3 is 6.18 Å². The Kier molecular flexibility index (Phi) is 6.21. The monoisotopic (exact) mass is 287 g/mol. The van der Waals surface area contributed by atoms with E-state index in [1.165, 1.54) is 0 Å². The Morgan fingerprint density at radius 1 is 1.39 bits per heavy atom. The number of nitrogens with one attached hydrogen (secondary N) is 1. The third-order valence-corrected chi connectivity index (χ3v) is 2.98. The average Bonchev–Trinajstić information content (AvgIpc) is 2.26. The number of alkyl halides is 4. The summed E-state index contributed by atoms with van der Waals surface area (Å²) in [4.78, 5) is 11.3. The van der Waals surface area contributed by atoms with Crippen molar-refractivity contribution in [2.75, 3.05) is 12.5 Å². The summed E-state index contributed by atoms with van der Waals surface area (Å²) < 4.78 is 40.8. The molecule has 1 aliphatic carbocycles. The Labute approximate surface area is 109 Å². The van der Waals surface area contributed by atoms with Crippen LogP contribution in [0.3, 0.4) is 0 Å². The lowest BCUT2D eigenvalue weighted by atomic mass is 9.92. The van der Waals surface area contributed by atoms with Gasteiger partial charge in [-0.25, -0.2) is 0 Å². The van der Waals surface area contributed by atoms with E-state index in [1.807, 2.05) is 0 Å². The second-order valence-electron chi connectivity index (χ2n) is 4.42. The Hall–Kier alpha value is -0.490. The predicted molar refractivity (Wildman–Crippen MR) is 61.5 cm³/mol. The lowest BCUT2D eigenvalue weighted by molar-refractivity contribution is -0.188. The van der Waals surface area contributed by atoms with E-state index in [9.17, 15) is 18.0 Å². The van der Waals surface area contributed by atoms with Gasteiger partial charge in [-0.05, 0) is 25.7 Å². The highest BCUT2D eigenvalue weighted by atomic mass is 35.5. The van der Waals surface area contributed by atoms with Crippen molar-refractivity contribution in [2.45, 2.75) is 50.4 Å². The van der Waals surface area contributed by atoms with E-state index >= 15 is 0 Å². The fourth-order valence-corrected chi connectivity index (χ4v) is 2.20. The molecule has 1 aliphatic rings. The SMILES string of the molecule is O=C(CCCl)NC1CCCC(OCC(F)(F)F)C1. The van der Waals surface area contributed by atoms with Crippen LogP contribution in [0.25, 0.3) is 0 Å². The zero-order chi connectivity index (χ0) is 13.6. The quantitative estimate of drug-likeness (QED) is 0.790. The molecule has 7 heteroatoms. The van der Waals surface area contributed by atoms with Gasteiger partial charge in [0.2, 0.25) is 5.91 Å². The highest BCUT2D eigenvalue weighted by Crippen LogP contribution is 2.24. The van der Waals surface area contributed by atoms with Gasteiger partial charge in [0.25, 0.3) is 0 Å². The second-order valence-corrected chi connectivity index (χ2v) is 4.80. The Morgan fingerprint density at radius 2 is 2.11 bits per heavy atom. The van der Waals surface area contributed by atoms with E-state index in [0.29, 0.717) is 12.8 Å². The van der Waals surface area contributed by atoms with Crippen LogP contribution >= 0.6 is 11.6 Å². The van der Waals surface area contributed by atoms with Gasteiger partial charge in [0, 0.05) is 18.3 Å². The molecular formula is C11H17ClF3NO2. The molecule has 106 valence electrons. The molecule has 0 spiro atoms. The maximum atomic E-state index is 12.0. The number of hydrogen-bond acceptors (Lipinski definition) is 2. The summed E-state index contributed by atoms with van der Waals surface area (Å²) in [6.07, 6.45) is -1.92. The van der Waals surface area contributed by atoms with Gasteiger partial charge in [-0.1, -0.05) is 0 Å². The van der Waals surface area contributed by atoms with E-state index in [-0.39, 0.29) is 24.2 Å². The molecule has 1 rings (SSSR count). The fourth-order valence-electron chi connectivity index (χ4n) is 2.03. The first kappa shape index (κ1) is 15.6. The highest BCUT2D eigenvalue weighted by Gasteiger charge is 2.31. The largest absolute Gasteiger partial charge is 0.411 e. The minimum atomic E-state index is -4.30. The molecule has 0 aromatic carbocycles. The van der Waals surface area contributed by atoms with Crippen molar-refractivity contribution in [1.82, 2.24) is 5.32 Å². The lowest BCUT2D eigenvalue weighted by Gasteiger charge is -2.30. The van der Waals surface area contributed by atoms with Crippen LogP contribution < -0.4 is 5.32 Å². The molecule has 1 N–H and O–H groups in total. The van der Waals surface area contributed by atoms with Crippen LogP contribution in [0.2, 0.25) is 0 Å². The first-order chi connectivity index (χ1) is 8.40. The minimum absolute atomic E-state index is 0.104. The number of ether oxygens (including phenoxy) is 1. The Morgan fingerprint density at radius 3 is 2.72 bits per heavy atom. The fraction of sp³-hybridized carbons (Fsp3) is 0.909. The average molecular weight is 288 g/mol. The topological polar surface area (TPSA) is 38.3 Å². The van der Waals surface area contributed by atoms with Gasteiger partial charge in [0.1, 0.15) is 6.61 Å². The summed E-state index contributed by atoms with van der Waals surface area (Å²) in [5.74, 6) is 0.0819. The van der Waals surface area contributed by atoms with Crippen molar-refractivity contribution in [3.8, 4) is 0 Å². The first-order valence-corrected chi connectivity index (χ1v) is 6.48. The van der Waals surface area contributed by atoms with Crippen molar-refractivity contribution in [3.63, 3.8) is 0 Å². The Bertz CT molecular complexity index is 274. The number of carbonyl (C=O) groups is 1. The number of carbonyl (C=O) groups excluding carboxylic acids is 1. The molecule has 18 heavy (non-hydrogen) atoms. The van der Waals surface area contributed by atoms with Crippen LogP contribution in [-0.4, -0.2) is 36.7 Å². The molecule has 1 saturated carbocycles.